The lowest BCUT2D eigenvalue weighted by atomic mass is 10.2. The van der Waals surface area contributed by atoms with E-state index in [9.17, 15) is 10.1 Å². The van der Waals surface area contributed by atoms with Crippen LogP contribution in [0.5, 0.6) is 5.88 Å². The fourth-order valence-corrected chi connectivity index (χ4v) is 2.15. The Morgan fingerprint density at radius 3 is 2.86 bits per heavy atom. The molecule has 0 saturated carbocycles. The summed E-state index contributed by atoms with van der Waals surface area (Å²) in [6, 6.07) is 11.8. The van der Waals surface area contributed by atoms with Crippen molar-refractivity contribution in [3.05, 3.63) is 63.2 Å². The van der Waals surface area contributed by atoms with Gasteiger partial charge in [0.25, 0.3) is 5.69 Å². The van der Waals surface area contributed by atoms with Crippen LogP contribution in [0.25, 0.3) is 10.9 Å². The minimum Gasteiger partial charge on any atom is -0.471 e. The molecule has 0 spiro atoms. The van der Waals surface area contributed by atoms with E-state index in [0.29, 0.717) is 21.8 Å². The molecular weight excluding hydrogens is 294 g/mol. The third-order valence-electron chi connectivity index (χ3n) is 3.04. The minimum atomic E-state index is -0.454. The molecule has 1 heterocycles. The Hall–Kier alpha value is -2.60. The van der Waals surface area contributed by atoms with E-state index in [2.05, 4.69) is 10.2 Å². The maximum atomic E-state index is 10.8. The monoisotopic (exact) mass is 303 g/mol. The van der Waals surface area contributed by atoms with Crippen molar-refractivity contribution < 1.29 is 9.66 Å². The zero-order chi connectivity index (χ0) is 14.8. The van der Waals surface area contributed by atoms with Crippen LogP contribution in [0.2, 0.25) is 5.02 Å². The minimum absolute atomic E-state index is 0.00788. The number of benzene rings is 2. The predicted molar refractivity (Wildman–Crippen MR) is 78.5 cm³/mol. The molecule has 0 aliphatic carbocycles. The lowest BCUT2D eigenvalue weighted by Crippen LogP contribution is -1.96. The molecule has 21 heavy (non-hydrogen) atoms. The summed E-state index contributed by atoms with van der Waals surface area (Å²) in [5.74, 6) is 0.314. The van der Waals surface area contributed by atoms with E-state index in [4.69, 9.17) is 16.3 Å². The van der Waals surface area contributed by atoms with Crippen LogP contribution in [-0.4, -0.2) is 15.1 Å². The molecule has 0 radical (unpaired) electrons. The topological polar surface area (TPSA) is 81.0 Å². The van der Waals surface area contributed by atoms with Crippen LogP contribution in [0.3, 0.4) is 0 Å². The number of nitro groups is 1. The Morgan fingerprint density at radius 2 is 2.10 bits per heavy atom. The molecule has 0 saturated heterocycles. The molecule has 0 aliphatic heterocycles. The fraction of sp³-hybridized carbons (Fsp3) is 0.0714. The van der Waals surface area contributed by atoms with Gasteiger partial charge in [-0.15, -0.1) is 5.10 Å². The molecule has 6 nitrogen and oxygen atoms in total. The highest BCUT2D eigenvalue weighted by Gasteiger charge is 2.13. The summed E-state index contributed by atoms with van der Waals surface area (Å²) >= 11 is 6.05. The highest BCUT2D eigenvalue weighted by molar-refractivity contribution is 6.31. The van der Waals surface area contributed by atoms with Gasteiger partial charge >= 0.3 is 0 Å². The van der Waals surface area contributed by atoms with Crippen molar-refractivity contribution in [2.75, 3.05) is 0 Å². The van der Waals surface area contributed by atoms with Crippen LogP contribution >= 0.6 is 11.6 Å². The van der Waals surface area contributed by atoms with E-state index < -0.39 is 4.92 Å². The van der Waals surface area contributed by atoms with E-state index in [0.717, 1.165) is 5.56 Å². The average Bonchev–Trinajstić information content (AvgIpc) is 2.88. The normalized spacial score (nSPS) is 10.7. The number of ether oxygens (including phenoxy) is 1. The number of H-pyrrole nitrogens is 1. The summed E-state index contributed by atoms with van der Waals surface area (Å²) in [5, 5.41) is 18.8. The molecule has 7 heteroatoms. The van der Waals surface area contributed by atoms with E-state index in [1.165, 1.54) is 12.1 Å². The van der Waals surface area contributed by atoms with Gasteiger partial charge in [-0.25, -0.2) is 0 Å². The number of rotatable bonds is 4. The molecule has 0 fully saturated rings. The number of hydrogen-bond acceptors (Lipinski definition) is 4. The molecule has 106 valence electrons. The average molecular weight is 304 g/mol. The SMILES string of the molecule is O=[N+]([O-])c1ccc2[nH]nc(OCc3ccccc3Cl)c2c1. The third kappa shape index (κ3) is 2.66. The first-order chi connectivity index (χ1) is 10.1. The smallest absolute Gasteiger partial charge is 0.270 e. The number of nitrogens with one attached hydrogen (secondary N) is 1. The molecular formula is C14H10ClN3O3. The number of nitrogens with zero attached hydrogens (tertiary/aromatic N) is 2. The van der Waals surface area contributed by atoms with Crippen LogP contribution in [0.1, 0.15) is 5.56 Å². The van der Waals surface area contributed by atoms with Crippen molar-refractivity contribution in [2.24, 2.45) is 0 Å². The zero-order valence-electron chi connectivity index (χ0n) is 10.7. The fourth-order valence-electron chi connectivity index (χ4n) is 1.96. The lowest BCUT2D eigenvalue weighted by Gasteiger charge is -2.05. The Morgan fingerprint density at radius 1 is 1.29 bits per heavy atom. The van der Waals surface area contributed by atoms with Gasteiger partial charge in [0, 0.05) is 22.7 Å². The quantitative estimate of drug-likeness (QED) is 0.588. The summed E-state index contributed by atoms with van der Waals surface area (Å²) in [6.07, 6.45) is 0. The second kappa shape index (κ2) is 5.41. The Bertz CT molecular complexity index is 816. The van der Waals surface area contributed by atoms with Gasteiger partial charge in [-0.3, -0.25) is 15.2 Å². The first kappa shape index (κ1) is 13.4. The molecule has 3 aromatic rings. The number of aromatic nitrogens is 2. The Labute approximate surface area is 124 Å². The van der Waals surface area contributed by atoms with Gasteiger partial charge in [0.2, 0.25) is 5.88 Å². The molecule has 0 atom stereocenters. The lowest BCUT2D eigenvalue weighted by molar-refractivity contribution is -0.384. The Kier molecular flexibility index (Phi) is 3.45. The number of hydrogen-bond donors (Lipinski definition) is 1. The highest BCUT2D eigenvalue weighted by atomic mass is 35.5. The van der Waals surface area contributed by atoms with Crippen LogP contribution in [-0.2, 0) is 6.61 Å². The van der Waals surface area contributed by atoms with E-state index in [1.807, 2.05) is 18.2 Å². The predicted octanol–water partition coefficient (Wildman–Crippen LogP) is 3.70. The van der Waals surface area contributed by atoms with Crippen LogP contribution in [0.15, 0.2) is 42.5 Å². The number of nitro benzene ring substituents is 1. The molecule has 1 aromatic heterocycles. The van der Waals surface area contributed by atoms with Crippen LogP contribution in [0, 0.1) is 10.1 Å². The zero-order valence-corrected chi connectivity index (χ0v) is 11.5. The van der Waals surface area contributed by atoms with Gasteiger partial charge < -0.3 is 4.74 Å². The van der Waals surface area contributed by atoms with Gasteiger partial charge in [-0.2, -0.15) is 0 Å². The summed E-state index contributed by atoms with van der Waals surface area (Å²) < 4.78 is 5.61. The summed E-state index contributed by atoms with van der Waals surface area (Å²) in [7, 11) is 0. The maximum absolute atomic E-state index is 10.8. The van der Waals surface area contributed by atoms with Crippen molar-refractivity contribution >= 4 is 28.2 Å². The van der Waals surface area contributed by atoms with Crippen molar-refractivity contribution in [3.63, 3.8) is 0 Å². The largest absolute Gasteiger partial charge is 0.471 e. The number of non-ortho nitro benzene ring substituents is 1. The van der Waals surface area contributed by atoms with Crippen LogP contribution < -0.4 is 4.74 Å². The molecule has 1 N–H and O–H groups in total. The molecule has 0 amide bonds. The van der Waals surface area contributed by atoms with Gasteiger partial charge in [0.15, 0.2) is 0 Å². The second-order valence-corrected chi connectivity index (χ2v) is 4.80. The second-order valence-electron chi connectivity index (χ2n) is 4.40. The van der Waals surface area contributed by atoms with E-state index in [-0.39, 0.29) is 12.3 Å². The van der Waals surface area contributed by atoms with E-state index >= 15 is 0 Å². The van der Waals surface area contributed by atoms with Crippen molar-refractivity contribution in [1.29, 1.82) is 0 Å². The van der Waals surface area contributed by atoms with Crippen molar-refractivity contribution in [1.82, 2.24) is 10.2 Å². The van der Waals surface area contributed by atoms with Gasteiger partial charge in [-0.05, 0) is 12.1 Å². The molecule has 0 bridgehead atoms. The summed E-state index contributed by atoms with van der Waals surface area (Å²) in [5.41, 5.74) is 1.49. The first-order valence-corrected chi connectivity index (χ1v) is 6.51. The highest BCUT2D eigenvalue weighted by Crippen LogP contribution is 2.27. The van der Waals surface area contributed by atoms with Crippen molar-refractivity contribution in [3.8, 4) is 5.88 Å². The standard InChI is InChI=1S/C14H10ClN3O3/c15-12-4-2-1-3-9(12)8-21-14-11-7-10(18(19)20)5-6-13(11)16-17-14/h1-7H,8H2,(H,16,17). The third-order valence-corrected chi connectivity index (χ3v) is 3.41. The van der Waals surface area contributed by atoms with Crippen LogP contribution in [0.4, 0.5) is 5.69 Å². The van der Waals surface area contributed by atoms with Crippen molar-refractivity contribution in [2.45, 2.75) is 6.61 Å². The number of halogens is 1. The Balaban J connectivity index is 1.89. The molecule has 3 rings (SSSR count). The summed E-state index contributed by atoms with van der Waals surface area (Å²) in [6.45, 7) is 0.238. The first-order valence-electron chi connectivity index (χ1n) is 6.14. The van der Waals surface area contributed by atoms with Gasteiger partial charge in [0.1, 0.15) is 6.61 Å². The maximum Gasteiger partial charge on any atom is 0.270 e. The van der Waals surface area contributed by atoms with E-state index in [1.54, 1.807) is 12.1 Å². The number of fused-ring (bicyclic) bond motifs is 1. The number of aromatic amines is 1. The molecule has 0 unspecified atom stereocenters. The van der Waals surface area contributed by atoms with Gasteiger partial charge in [0.05, 0.1) is 15.8 Å². The summed E-state index contributed by atoms with van der Waals surface area (Å²) in [4.78, 5) is 10.4. The molecule has 0 aliphatic rings. The van der Waals surface area contributed by atoms with Gasteiger partial charge in [-0.1, -0.05) is 29.8 Å². The molecule has 2 aromatic carbocycles.